The van der Waals surface area contributed by atoms with Crippen molar-refractivity contribution in [3.63, 3.8) is 0 Å². The number of nitriles is 1. The molecule has 0 radical (unpaired) electrons. The van der Waals surface area contributed by atoms with E-state index in [1.165, 1.54) is 13.2 Å². The number of hydrogen-bond acceptors (Lipinski definition) is 5. The Hall–Kier alpha value is -1.94. The molecule has 0 heterocycles. The number of anilines is 2. The lowest BCUT2D eigenvalue weighted by molar-refractivity contribution is 0.417. The molecular formula is C9H11N3O3S. The zero-order chi connectivity index (χ0) is 12.2. The van der Waals surface area contributed by atoms with Gasteiger partial charge < -0.3 is 10.5 Å². The van der Waals surface area contributed by atoms with Gasteiger partial charge in [-0.2, -0.15) is 5.26 Å². The van der Waals surface area contributed by atoms with Crippen molar-refractivity contribution >= 4 is 21.4 Å². The Bertz CT molecular complexity index is 519. The molecule has 0 amide bonds. The van der Waals surface area contributed by atoms with Gasteiger partial charge in [0.25, 0.3) is 0 Å². The monoisotopic (exact) mass is 241 g/mol. The lowest BCUT2D eigenvalue weighted by Gasteiger charge is -2.10. The van der Waals surface area contributed by atoms with Crippen LogP contribution in [0.15, 0.2) is 18.2 Å². The Balaban J connectivity index is 3.06. The van der Waals surface area contributed by atoms with Crippen molar-refractivity contribution in [1.82, 2.24) is 0 Å². The highest BCUT2D eigenvalue weighted by atomic mass is 32.2. The van der Waals surface area contributed by atoms with Crippen LogP contribution < -0.4 is 15.2 Å². The van der Waals surface area contributed by atoms with Gasteiger partial charge in [0, 0.05) is 5.69 Å². The number of nitrogen functional groups attached to an aromatic ring is 1. The highest BCUT2D eigenvalue weighted by molar-refractivity contribution is 7.92. The third-order valence-corrected chi connectivity index (χ3v) is 2.78. The van der Waals surface area contributed by atoms with Crippen LogP contribution in [-0.2, 0) is 10.0 Å². The molecule has 0 aliphatic carbocycles. The van der Waals surface area contributed by atoms with Gasteiger partial charge in [0.2, 0.25) is 10.0 Å². The largest absolute Gasteiger partial charge is 0.495 e. The van der Waals surface area contributed by atoms with Crippen LogP contribution in [0, 0.1) is 11.3 Å². The number of rotatable bonds is 4. The molecule has 7 heteroatoms. The molecule has 0 aromatic heterocycles. The summed E-state index contributed by atoms with van der Waals surface area (Å²) < 4.78 is 29.9. The first-order valence-corrected chi connectivity index (χ1v) is 5.94. The number of hydrogen-bond donors (Lipinski definition) is 2. The summed E-state index contributed by atoms with van der Waals surface area (Å²) in [4.78, 5) is 0. The molecule has 0 atom stereocenters. The third-order valence-electron chi connectivity index (χ3n) is 1.74. The first-order valence-electron chi connectivity index (χ1n) is 4.29. The number of methoxy groups -OCH3 is 1. The molecule has 1 aromatic carbocycles. The number of nitrogens with one attached hydrogen (secondary N) is 1. The molecule has 1 aromatic rings. The minimum atomic E-state index is -3.68. The van der Waals surface area contributed by atoms with Gasteiger partial charge in [-0.05, 0) is 18.2 Å². The normalized spacial score (nSPS) is 10.5. The fraction of sp³-hybridized carbons (Fsp3) is 0.222. The predicted molar refractivity (Wildman–Crippen MR) is 60.4 cm³/mol. The van der Waals surface area contributed by atoms with E-state index in [2.05, 4.69) is 4.72 Å². The molecule has 0 saturated carbocycles. The molecule has 16 heavy (non-hydrogen) atoms. The molecule has 0 unspecified atom stereocenters. The van der Waals surface area contributed by atoms with Crippen molar-refractivity contribution in [2.24, 2.45) is 0 Å². The van der Waals surface area contributed by atoms with Crippen LogP contribution in [0.2, 0.25) is 0 Å². The van der Waals surface area contributed by atoms with Crippen molar-refractivity contribution in [2.75, 3.05) is 23.3 Å². The number of ether oxygens (including phenoxy) is 1. The molecule has 6 nitrogen and oxygen atoms in total. The van der Waals surface area contributed by atoms with E-state index >= 15 is 0 Å². The predicted octanol–water partition coefficient (Wildman–Crippen LogP) is 0.543. The van der Waals surface area contributed by atoms with E-state index in [0.29, 0.717) is 11.4 Å². The van der Waals surface area contributed by atoms with Crippen LogP contribution in [0.4, 0.5) is 11.4 Å². The van der Waals surface area contributed by atoms with Gasteiger partial charge in [-0.1, -0.05) is 0 Å². The summed E-state index contributed by atoms with van der Waals surface area (Å²) in [5.74, 6) is -0.277. The number of nitrogens with two attached hydrogens (primary N) is 1. The summed E-state index contributed by atoms with van der Waals surface area (Å²) in [7, 11) is -2.27. The van der Waals surface area contributed by atoms with Gasteiger partial charge in [-0.15, -0.1) is 0 Å². The number of benzene rings is 1. The Morgan fingerprint density at radius 2 is 2.25 bits per heavy atom. The van der Waals surface area contributed by atoms with Crippen LogP contribution in [0.3, 0.4) is 0 Å². The zero-order valence-corrected chi connectivity index (χ0v) is 9.41. The van der Waals surface area contributed by atoms with E-state index in [0.717, 1.165) is 0 Å². The van der Waals surface area contributed by atoms with E-state index in [4.69, 9.17) is 15.7 Å². The van der Waals surface area contributed by atoms with Crippen LogP contribution in [0.1, 0.15) is 0 Å². The molecule has 3 N–H and O–H groups in total. The third kappa shape index (κ3) is 3.03. The lowest BCUT2D eigenvalue weighted by Crippen LogP contribution is -2.16. The summed E-state index contributed by atoms with van der Waals surface area (Å²) >= 11 is 0. The van der Waals surface area contributed by atoms with E-state index in [1.54, 1.807) is 18.2 Å². The Labute approximate surface area is 93.7 Å². The molecule has 0 fully saturated rings. The summed E-state index contributed by atoms with van der Waals surface area (Å²) in [5, 5.41) is 8.34. The van der Waals surface area contributed by atoms with E-state index < -0.39 is 15.8 Å². The second-order valence-corrected chi connectivity index (χ2v) is 4.70. The van der Waals surface area contributed by atoms with Crippen molar-refractivity contribution in [3.05, 3.63) is 18.2 Å². The Morgan fingerprint density at radius 3 is 2.81 bits per heavy atom. The quantitative estimate of drug-likeness (QED) is 0.748. The van der Waals surface area contributed by atoms with Crippen molar-refractivity contribution in [1.29, 1.82) is 5.26 Å². The highest BCUT2D eigenvalue weighted by Gasteiger charge is 2.13. The van der Waals surface area contributed by atoms with Crippen LogP contribution >= 0.6 is 0 Å². The smallest absolute Gasteiger partial charge is 0.246 e. The second kappa shape index (κ2) is 4.72. The topological polar surface area (TPSA) is 105 Å². The molecule has 0 spiro atoms. The maximum absolute atomic E-state index is 11.3. The second-order valence-electron chi connectivity index (χ2n) is 2.98. The van der Waals surface area contributed by atoms with Crippen LogP contribution in [0.25, 0.3) is 0 Å². The maximum Gasteiger partial charge on any atom is 0.246 e. The first-order chi connectivity index (χ1) is 7.48. The molecular weight excluding hydrogens is 230 g/mol. The minimum absolute atomic E-state index is 0.220. The van der Waals surface area contributed by atoms with E-state index in [-0.39, 0.29) is 5.69 Å². The van der Waals surface area contributed by atoms with Gasteiger partial charge in [0.1, 0.15) is 5.75 Å². The Morgan fingerprint density at radius 1 is 1.56 bits per heavy atom. The average Bonchev–Trinajstić information content (AvgIpc) is 2.17. The fourth-order valence-electron chi connectivity index (χ4n) is 1.09. The van der Waals surface area contributed by atoms with Gasteiger partial charge >= 0.3 is 0 Å². The highest BCUT2D eigenvalue weighted by Crippen LogP contribution is 2.27. The molecule has 0 aliphatic heterocycles. The van der Waals surface area contributed by atoms with Gasteiger partial charge in [-0.3, -0.25) is 4.72 Å². The van der Waals surface area contributed by atoms with Crippen molar-refractivity contribution in [2.45, 2.75) is 0 Å². The van der Waals surface area contributed by atoms with Gasteiger partial charge in [0.05, 0.1) is 18.9 Å². The number of sulfonamides is 1. The van der Waals surface area contributed by atoms with Gasteiger partial charge in [-0.25, -0.2) is 8.42 Å². The molecule has 0 aliphatic rings. The van der Waals surface area contributed by atoms with Crippen molar-refractivity contribution < 1.29 is 13.2 Å². The van der Waals surface area contributed by atoms with Crippen LogP contribution in [0.5, 0.6) is 5.75 Å². The summed E-state index contributed by atoms with van der Waals surface area (Å²) in [6.07, 6.45) is 0. The van der Waals surface area contributed by atoms with Crippen LogP contribution in [-0.4, -0.2) is 21.3 Å². The Kier molecular flexibility index (Phi) is 3.58. The minimum Gasteiger partial charge on any atom is -0.495 e. The standard InChI is InChI=1S/C9H11N3O3S/c1-15-9-3-2-7(11)6-8(9)12-16(13,14)5-4-10/h2-3,6,12H,5,11H2,1H3. The summed E-state index contributed by atoms with van der Waals surface area (Å²) in [6.45, 7) is 0. The van der Waals surface area contributed by atoms with E-state index in [1.807, 2.05) is 0 Å². The molecule has 0 saturated heterocycles. The SMILES string of the molecule is COc1ccc(N)cc1NS(=O)(=O)CC#N. The summed E-state index contributed by atoms with van der Waals surface area (Å²) in [5.41, 5.74) is 6.14. The maximum atomic E-state index is 11.3. The molecule has 0 bridgehead atoms. The first kappa shape index (κ1) is 12.1. The molecule has 86 valence electrons. The zero-order valence-electron chi connectivity index (χ0n) is 8.60. The molecule has 1 rings (SSSR count). The average molecular weight is 241 g/mol. The van der Waals surface area contributed by atoms with E-state index in [9.17, 15) is 8.42 Å². The van der Waals surface area contributed by atoms with Crippen molar-refractivity contribution in [3.8, 4) is 11.8 Å². The van der Waals surface area contributed by atoms with Gasteiger partial charge in [0.15, 0.2) is 5.75 Å². The summed E-state index contributed by atoms with van der Waals surface area (Å²) in [6, 6.07) is 6.11. The lowest BCUT2D eigenvalue weighted by atomic mass is 10.2. The number of nitrogens with zero attached hydrogens (tertiary/aromatic N) is 1. The fourth-order valence-corrected chi connectivity index (χ4v) is 1.83.